The lowest BCUT2D eigenvalue weighted by atomic mass is 10.1. The number of hydrogen-bond donors (Lipinski definition) is 2. The molecule has 0 saturated carbocycles. The van der Waals surface area contributed by atoms with E-state index in [4.69, 9.17) is 10.6 Å². The summed E-state index contributed by atoms with van der Waals surface area (Å²) in [6.07, 6.45) is 0. The Bertz CT molecular complexity index is 366. The number of aryl methyl sites for hydroxylation is 1. The quantitative estimate of drug-likeness (QED) is 0.479. The number of methoxy groups -OCH3 is 1. The summed E-state index contributed by atoms with van der Waals surface area (Å²) in [5, 5.41) is 0. The minimum atomic E-state index is -0.373. The highest BCUT2D eigenvalue weighted by Crippen LogP contribution is 2.26. The molecule has 5 heteroatoms. The van der Waals surface area contributed by atoms with Crippen LogP contribution in [-0.2, 0) is 0 Å². The maximum Gasteiger partial charge on any atom is 0.268 e. The van der Waals surface area contributed by atoms with Crippen LogP contribution < -0.4 is 16.0 Å². The molecule has 1 aromatic rings. The molecule has 0 unspecified atom stereocenters. The third-order valence-electron chi connectivity index (χ3n) is 1.86. The van der Waals surface area contributed by atoms with Crippen LogP contribution in [-0.4, -0.2) is 13.0 Å². The number of ether oxygens (including phenoxy) is 1. The number of nitrogens with two attached hydrogens (primary N) is 1. The van der Waals surface area contributed by atoms with E-state index in [-0.39, 0.29) is 5.91 Å². The lowest BCUT2D eigenvalue weighted by molar-refractivity contribution is 0.0950. The van der Waals surface area contributed by atoms with Crippen LogP contribution in [0.4, 0.5) is 0 Å². The molecule has 1 amide bonds. The third-order valence-corrected chi connectivity index (χ3v) is 2.71. The molecule has 0 atom stereocenters. The van der Waals surface area contributed by atoms with Gasteiger partial charge >= 0.3 is 0 Å². The van der Waals surface area contributed by atoms with E-state index in [2.05, 4.69) is 21.4 Å². The second-order valence-corrected chi connectivity index (χ2v) is 3.63. The van der Waals surface area contributed by atoms with Gasteiger partial charge in [-0.15, -0.1) is 0 Å². The fourth-order valence-electron chi connectivity index (χ4n) is 1.08. The molecule has 76 valence electrons. The molecule has 1 rings (SSSR count). The highest BCUT2D eigenvalue weighted by Gasteiger charge is 2.12. The van der Waals surface area contributed by atoms with Crippen molar-refractivity contribution in [2.75, 3.05) is 7.11 Å². The van der Waals surface area contributed by atoms with Crippen molar-refractivity contribution in [1.29, 1.82) is 0 Å². The van der Waals surface area contributed by atoms with Crippen LogP contribution in [0.25, 0.3) is 0 Å². The Balaban J connectivity index is 3.27. The maximum absolute atomic E-state index is 11.3. The first-order valence-corrected chi connectivity index (χ1v) is 4.74. The van der Waals surface area contributed by atoms with Crippen LogP contribution in [0.1, 0.15) is 15.9 Å². The minimum Gasteiger partial charge on any atom is -0.496 e. The van der Waals surface area contributed by atoms with Crippen molar-refractivity contribution < 1.29 is 9.53 Å². The van der Waals surface area contributed by atoms with Crippen molar-refractivity contribution in [3.05, 3.63) is 27.7 Å². The fraction of sp³-hybridized carbons (Fsp3) is 0.222. The number of carbonyl (C=O) groups excluding carboxylic acids is 1. The molecule has 14 heavy (non-hydrogen) atoms. The molecule has 0 aliphatic heterocycles. The van der Waals surface area contributed by atoms with Crippen molar-refractivity contribution in [3.8, 4) is 5.75 Å². The smallest absolute Gasteiger partial charge is 0.268 e. The van der Waals surface area contributed by atoms with Gasteiger partial charge in [0, 0.05) is 4.47 Å². The summed E-state index contributed by atoms with van der Waals surface area (Å²) in [5.74, 6) is 5.18. The number of nitrogens with one attached hydrogen (secondary N) is 1. The standard InChI is InChI=1S/C9H11BrN2O2/c1-5-3-8(14-2)6(4-7(5)10)9(13)12-11/h3-4H,11H2,1-2H3,(H,12,13). The molecule has 0 radical (unpaired) electrons. The molecule has 1 aromatic carbocycles. The van der Waals surface area contributed by atoms with E-state index in [1.54, 1.807) is 12.1 Å². The topological polar surface area (TPSA) is 64.3 Å². The van der Waals surface area contributed by atoms with E-state index in [1.807, 2.05) is 6.92 Å². The molecule has 0 aliphatic carbocycles. The lowest BCUT2D eigenvalue weighted by Gasteiger charge is -2.09. The zero-order chi connectivity index (χ0) is 10.7. The van der Waals surface area contributed by atoms with Gasteiger partial charge in [0.05, 0.1) is 12.7 Å². The predicted octanol–water partition coefficient (Wildman–Crippen LogP) is 1.37. The van der Waals surface area contributed by atoms with Crippen molar-refractivity contribution >= 4 is 21.8 Å². The van der Waals surface area contributed by atoms with Crippen LogP contribution in [0.15, 0.2) is 16.6 Å². The van der Waals surface area contributed by atoms with Gasteiger partial charge in [-0.3, -0.25) is 10.2 Å². The molecule has 0 heterocycles. The molecule has 0 spiro atoms. The summed E-state index contributed by atoms with van der Waals surface area (Å²) >= 11 is 3.33. The van der Waals surface area contributed by atoms with Crippen molar-refractivity contribution in [3.63, 3.8) is 0 Å². The zero-order valence-corrected chi connectivity index (χ0v) is 9.51. The molecule has 3 N–H and O–H groups in total. The number of halogens is 1. The van der Waals surface area contributed by atoms with Gasteiger partial charge in [-0.25, -0.2) is 5.84 Å². The van der Waals surface area contributed by atoms with E-state index in [9.17, 15) is 4.79 Å². The fourth-order valence-corrected chi connectivity index (χ4v) is 1.42. The molecule has 0 saturated heterocycles. The zero-order valence-electron chi connectivity index (χ0n) is 7.93. The monoisotopic (exact) mass is 258 g/mol. The normalized spacial score (nSPS) is 9.71. The highest BCUT2D eigenvalue weighted by molar-refractivity contribution is 9.10. The number of carbonyl (C=O) groups is 1. The second-order valence-electron chi connectivity index (χ2n) is 2.78. The minimum absolute atomic E-state index is 0.373. The number of benzene rings is 1. The maximum atomic E-state index is 11.3. The first-order valence-electron chi connectivity index (χ1n) is 3.95. The van der Waals surface area contributed by atoms with E-state index >= 15 is 0 Å². The van der Waals surface area contributed by atoms with Crippen LogP contribution >= 0.6 is 15.9 Å². The van der Waals surface area contributed by atoms with Crippen LogP contribution in [0.5, 0.6) is 5.75 Å². The van der Waals surface area contributed by atoms with E-state index < -0.39 is 0 Å². The van der Waals surface area contributed by atoms with Gasteiger partial charge in [0.2, 0.25) is 0 Å². The van der Waals surface area contributed by atoms with Gasteiger partial charge in [0.15, 0.2) is 0 Å². The third kappa shape index (κ3) is 2.05. The summed E-state index contributed by atoms with van der Waals surface area (Å²) in [4.78, 5) is 11.3. The number of hydrogen-bond acceptors (Lipinski definition) is 3. The Morgan fingerprint density at radius 3 is 2.71 bits per heavy atom. The first kappa shape index (κ1) is 11.0. The van der Waals surface area contributed by atoms with Gasteiger partial charge in [-0.05, 0) is 24.6 Å². The number of nitrogen functional groups attached to an aromatic ring is 1. The van der Waals surface area contributed by atoms with Gasteiger partial charge in [0.25, 0.3) is 5.91 Å². The van der Waals surface area contributed by atoms with Gasteiger partial charge in [-0.2, -0.15) is 0 Å². The molecule has 4 nitrogen and oxygen atoms in total. The number of amides is 1. The van der Waals surface area contributed by atoms with Crippen molar-refractivity contribution in [2.24, 2.45) is 5.84 Å². The average Bonchev–Trinajstić information content (AvgIpc) is 2.20. The molecule has 0 bridgehead atoms. The van der Waals surface area contributed by atoms with Crippen LogP contribution in [0.2, 0.25) is 0 Å². The second kappa shape index (κ2) is 4.43. The molecular weight excluding hydrogens is 248 g/mol. The summed E-state index contributed by atoms with van der Waals surface area (Å²) < 4.78 is 5.91. The average molecular weight is 259 g/mol. The largest absolute Gasteiger partial charge is 0.496 e. The Morgan fingerprint density at radius 2 is 2.21 bits per heavy atom. The number of hydrazine groups is 1. The van der Waals surface area contributed by atoms with Crippen LogP contribution in [0, 0.1) is 6.92 Å². The predicted molar refractivity (Wildman–Crippen MR) is 57.1 cm³/mol. The Labute approximate surface area is 90.5 Å². The van der Waals surface area contributed by atoms with Gasteiger partial charge < -0.3 is 4.74 Å². The van der Waals surface area contributed by atoms with Crippen molar-refractivity contribution in [2.45, 2.75) is 6.92 Å². The summed E-state index contributed by atoms with van der Waals surface area (Å²) in [6, 6.07) is 3.45. The summed E-state index contributed by atoms with van der Waals surface area (Å²) in [5.41, 5.74) is 3.47. The Kier molecular flexibility index (Phi) is 3.49. The van der Waals surface area contributed by atoms with Gasteiger partial charge in [-0.1, -0.05) is 15.9 Å². The SMILES string of the molecule is COc1cc(C)c(Br)cc1C(=O)NN. The van der Waals surface area contributed by atoms with Gasteiger partial charge in [0.1, 0.15) is 5.75 Å². The Hall–Kier alpha value is -1.07. The number of rotatable bonds is 2. The highest BCUT2D eigenvalue weighted by atomic mass is 79.9. The molecule has 0 aliphatic rings. The molecule has 0 fully saturated rings. The molecule has 0 aromatic heterocycles. The summed E-state index contributed by atoms with van der Waals surface area (Å²) in [6.45, 7) is 1.91. The van der Waals surface area contributed by atoms with Crippen LogP contribution in [0.3, 0.4) is 0 Å². The van der Waals surface area contributed by atoms with E-state index in [1.165, 1.54) is 7.11 Å². The van der Waals surface area contributed by atoms with E-state index in [0.29, 0.717) is 11.3 Å². The lowest BCUT2D eigenvalue weighted by Crippen LogP contribution is -2.30. The summed E-state index contributed by atoms with van der Waals surface area (Å²) in [7, 11) is 1.51. The molecular formula is C9H11BrN2O2. The first-order chi connectivity index (χ1) is 6.60. The van der Waals surface area contributed by atoms with Crippen molar-refractivity contribution in [1.82, 2.24) is 5.43 Å². The van der Waals surface area contributed by atoms with E-state index in [0.717, 1.165) is 10.0 Å². The Morgan fingerprint density at radius 1 is 1.57 bits per heavy atom.